The number of nitrogens with one attached hydrogen (secondary N) is 1. The Morgan fingerprint density at radius 3 is 2.53 bits per heavy atom. The molecule has 2 aromatic carbocycles. The minimum atomic E-state index is -1.75. The van der Waals surface area contributed by atoms with Crippen LogP contribution < -0.4 is 5.32 Å². The maximum Gasteiger partial charge on any atom is 0.246 e. The fourth-order valence-electron chi connectivity index (χ4n) is 5.97. The summed E-state index contributed by atoms with van der Waals surface area (Å²) in [7, 11) is 0. The normalized spacial score (nSPS) is 25.9. The number of carbonyl (C=O) groups is 1. The van der Waals surface area contributed by atoms with Crippen molar-refractivity contribution < 1.29 is 28.9 Å². The van der Waals surface area contributed by atoms with Crippen LogP contribution in [-0.2, 0) is 10.2 Å². The smallest absolute Gasteiger partial charge is 0.246 e. The van der Waals surface area contributed by atoms with Crippen LogP contribution in [0.3, 0.4) is 0 Å². The molecule has 2 saturated heterocycles. The van der Waals surface area contributed by atoms with Crippen molar-refractivity contribution in [3.8, 4) is 0 Å². The molecule has 0 aliphatic carbocycles. The molecule has 204 valence electrons. The Hall–Kier alpha value is -2.56. The topological polar surface area (TPSA) is 96.3 Å². The van der Waals surface area contributed by atoms with Gasteiger partial charge in [-0.15, -0.1) is 0 Å². The van der Waals surface area contributed by atoms with E-state index in [1.54, 1.807) is 0 Å². The van der Waals surface area contributed by atoms with Gasteiger partial charge in [0.15, 0.2) is 0 Å². The molecule has 1 amide bonds. The molecule has 3 aliphatic heterocycles. The molecular formula is C28H32ClF2N3O4. The van der Waals surface area contributed by atoms with Gasteiger partial charge in [0, 0.05) is 54.4 Å². The summed E-state index contributed by atoms with van der Waals surface area (Å²) in [6.07, 6.45) is 1.73. The van der Waals surface area contributed by atoms with Gasteiger partial charge >= 0.3 is 0 Å². The van der Waals surface area contributed by atoms with Gasteiger partial charge in [-0.05, 0) is 73.8 Å². The first kappa shape index (κ1) is 27.0. The van der Waals surface area contributed by atoms with Crippen LogP contribution in [0.5, 0.6) is 0 Å². The highest BCUT2D eigenvalue weighted by Gasteiger charge is 2.48. The van der Waals surface area contributed by atoms with E-state index in [4.69, 9.17) is 11.6 Å². The molecule has 3 heterocycles. The number of rotatable bonds is 5. The van der Waals surface area contributed by atoms with Crippen molar-refractivity contribution in [3.05, 3.63) is 70.3 Å². The van der Waals surface area contributed by atoms with Gasteiger partial charge < -0.3 is 30.4 Å². The zero-order chi connectivity index (χ0) is 27.1. The second-order valence-corrected chi connectivity index (χ2v) is 11.2. The molecule has 0 saturated carbocycles. The number of hydrogen-bond donors (Lipinski definition) is 4. The predicted molar refractivity (Wildman–Crippen MR) is 141 cm³/mol. The van der Waals surface area contributed by atoms with Crippen LogP contribution in [0, 0.1) is 11.6 Å². The summed E-state index contributed by atoms with van der Waals surface area (Å²) < 4.78 is 26.7. The third-order valence-electron chi connectivity index (χ3n) is 8.36. The summed E-state index contributed by atoms with van der Waals surface area (Å²) in [5, 5.41) is 37.0. The van der Waals surface area contributed by atoms with Crippen molar-refractivity contribution in [1.82, 2.24) is 9.80 Å². The molecule has 38 heavy (non-hydrogen) atoms. The summed E-state index contributed by atoms with van der Waals surface area (Å²) >= 11 is 6.14. The van der Waals surface area contributed by atoms with E-state index in [-0.39, 0.29) is 37.0 Å². The lowest BCUT2D eigenvalue weighted by molar-refractivity contribution is -0.183. The van der Waals surface area contributed by atoms with Crippen molar-refractivity contribution in [1.29, 1.82) is 0 Å². The summed E-state index contributed by atoms with van der Waals surface area (Å²) in [5.41, 5.74) is 0.810. The Morgan fingerprint density at radius 2 is 1.84 bits per heavy atom. The molecule has 1 spiro atoms. The third-order valence-corrected chi connectivity index (χ3v) is 8.59. The molecule has 0 unspecified atom stereocenters. The Labute approximate surface area is 225 Å². The number of carbonyl (C=O) groups excluding carboxylic acids is 1. The molecule has 7 nitrogen and oxygen atoms in total. The van der Waals surface area contributed by atoms with Crippen LogP contribution >= 0.6 is 11.6 Å². The van der Waals surface area contributed by atoms with Crippen LogP contribution in [0.4, 0.5) is 14.5 Å². The summed E-state index contributed by atoms with van der Waals surface area (Å²) in [6, 6.07) is 8.90. The van der Waals surface area contributed by atoms with Crippen LogP contribution in [0.1, 0.15) is 30.4 Å². The van der Waals surface area contributed by atoms with Gasteiger partial charge in [0.25, 0.3) is 0 Å². The van der Waals surface area contributed by atoms with Crippen LogP contribution in [-0.4, -0.2) is 88.1 Å². The molecule has 10 heteroatoms. The van der Waals surface area contributed by atoms with Crippen LogP contribution in [0.15, 0.2) is 42.5 Å². The molecule has 2 aromatic rings. The lowest BCUT2D eigenvalue weighted by atomic mass is 9.74. The molecule has 0 radical (unpaired) electrons. The molecule has 4 N–H and O–H groups in total. The number of aliphatic hydroxyl groups excluding tert-OH is 2. The number of halogens is 3. The van der Waals surface area contributed by atoms with E-state index in [0.717, 1.165) is 56.4 Å². The van der Waals surface area contributed by atoms with E-state index in [9.17, 15) is 28.9 Å². The molecular weight excluding hydrogens is 516 g/mol. The largest absolute Gasteiger partial charge is 0.389 e. The molecule has 3 aliphatic rings. The molecule has 0 bridgehead atoms. The number of hydrogen-bond acceptors (Lipinski definition) is 6. The molecule has 5 rings (SSSR count). The fourth-order valence-corrected chi connectivity index (χ4v) is 6.14. The van der Waals surface area contributed by atoms with Gasteiger partial charge in [-0.3, -0.25) is 4.79 Å². The second kappa shape index (κ2) is 10.5. The Balaban J connectivity index is 1.15. The van der Waals surface area contributed by atoms with Crippen molar-refractivity contribution in [2.24, 2.45) is 0 Å². The Bertz CT molecular complexity index is 1220. The number of fused-ring (bicyclic) bond motifs is 2. The summed E-state index contributed by atoms with van der Waals surface area (Å²) in [4.78, 5) is 16.0. The molecule has 0 aromatic heterocycles. The van der Waals surface area contributed by atoms with Crippen LogP contribution in [0.2, 0.25) is 5.02 Å². The SMILES string of the molecule is O=C(C=Cc1cc(F)cc(F)c1)N1CC[C@@](O)([C@H](O)CN2CCC3(CC2)CNc2cc(Cl)ccc23)[C@@H](O)C1. The number of nitrogens with zero attached hydrogens (tertiary/aromatic N) is 2. The number of aliphatic hydroxyl groups is 3. The minimum Gasteiger partial charge on any atom is -0.389 e. The third kappa shape index (κ3) is 5.31. The highest BCUT2D eigenvalue weighted by Crippen LogP contribution is 2.45. The van der Waals surface area contributed by atoms with Gasteiger partial charge in [0.1, 0.15) is 23.3 Å². The fraction of sp³-hybridized carbons (Fsp3) is 0.464. The van der Waals surface area contributed by atoms with E-state index in [0.29, 0.717) is 5.02 Å². The van der Waals surface area contributed by atoms with Gasteiger partial charge in [-0.2, -0.15) is 0 Å². The first-order valence-electron chi connectivity index (χ1n) is 12.9. The van der Waals surface area contributed by atoms with E-state index in [2.05, 4.69) is 16.3 Å². The van der Waals surface area contributed by atoms with Crippen molar-refractivity contribution in [2.45, 2.75) is 42.5 Å². The highest BCUT2D eigenvalue weighted by molar-refractivity contribution is 6.30. The van der Waals surface area contributed by atoms with E-state index >= 15 is 0 Å². The molecule has 2 fully saturated rings. The van der Waals surface area contributed by atoms with Crippen molar-refractivity contribution in [3.63, 3.8) is 0 Å². The summed E-state index contributed by atoms with van der Waals surface area (Å²) in [6.45, 7) is 2.49. The first-order chi connectivity index (χ1) is 18.1. The van der Waals surface area contributed by atoms with Gasteiger partial charge in [-0.1, -0.05) is 17.7 Å². The predicted octanol–water partition coefficient (Wildman–Crippen LogP) is 2.78. The zero-order valence-electron chi connectivity index (χ0n) is 20.9. The monoisotopic (exact) mass is 547 g/mol. The average Bonchev–Trinajstić information content (AvgIpc) is 3.22. The summed E-state index contributed by atoms with van der Waals surface area (Å²) in [5.74, 6) is -1.95. The molecule has 3 atom stereocenters. The second-order valence-electron chi connectivity index (χ2n) is 10.7. The van der Waals surface area contributed by atoms with Crippen molar-refractivity contribution >= 4 is 29.3 Å². The Morgan fingerprint density at radius 1 is 1.13 bits per heavy atom. The van der Waals surface area contributed by atoms with Gasteiger partial charge in [-0.25, -0.2) is 8.78 Å². The first-order valence-corrected chi connectivity index (χ1v) is 13.2. The van der Waals surface area contributed by atoms with Gasteiger partial charge in [0.05, 0.1) is 6.10 Å². The van der Waals surface area contributed by atoms with E-state index in [1.165, 1.54) is 22.6 Å². The standard InChI is InChI=1S/C28H32ClF2N3O4/c29-19-2-3-22-23(13-19)32-17-27(22)5-8-33(9-6-27)15-24(35)28(38)7-10-34(16-25(28)36)26(37)4-1-18-11-20(30)14-21(31)12-18/h1-4,11-14,24-25,32,35-36,38H,5-10,15-17H2/t24-,25+,28-/m1/s1. The lowest BCUT2D eigenvalue weighted by Gasteiger charge is -2.46. The van der Waals surface area contributed by atoms with E-state index < -0.39 is 35.4 Å². The number of anilines is 1. The zero-order valence-corrected chi connectivity index (χ0v) is 21.7. The van der Waals surface area contributed by atoms with E-state index in [1.807, 2.05) is 12.1 Å². The number of benzene rings is 2. The lowest BCUT2D eigenvalue weighted by Crippen LogP contribution is -2.64. The Kier molecular flexibility index (Phi) is 7.50. The quantitative estimate of drug-likeness (QED) is 0.430. The highest BCUT2D eigenvalue weighted by atomic mass is 35.5. The van der Waals surface area contributed by atoms with Gasteiger partial charge in [0.2, 0.25) is 5.91 Å². The number of amides is 1. The van der Waals surface area contributed by atoms with Crippen LogP contribution in [0.25, 0.3) is 6.08 Å². The number of piperidine rings is 2. The van der Waals surface area contributed by atoms with Crippen molar-refractivity contribution in [2.75, 3.05) is 44.6 Å². The number of likely N-dealkylation sites (tertiary alicyclic amines) is 2. The maximum absolute atomic E-state index is 13.4. The maximum atomic E-state index is 13.4. The average molecular weight is 548 g/mol. The minimum absolute atomic E-state index is 0.000656. The number of β-amino-alcohol motifs (C(OH)–C–C–N with tert-alkyl or cyclic N) is 2.